The molecule has 2 aromatic carbocycles. The minimum Gasteiger partial charge on any atom is -0.493 e. The molecule has 0 unspecified atom stereocenters. The fourth-order valence-electron chi connectivity index (χ4n) is 2.15. The van der Waals surface area contributed by atoms with E-state index >= 15 is 0 Å². The number of hydrogen-bond donors (Lipinski definition) is 2. The van der Waals surface area contributed by atoms with Crippen LogP contribution >= 0.6 is 0 Å². The average molecular weight is 343 g/mol. The molecule has 0 bridgehead atoms. The molecule has 2 aromatic rings. The van der Waals surface area contributed by atoms with E-state index in [1.807, 2.05) is 25.1 Å². The predicted molar refractivity (Wildman–Crippen MR) is 97.6 cm³/mol. The van der Waals surface area contributed by atoms with Crippen LogP contribution in [0.3, 0.4) is 0 Å². The smallest absolute Gasteiger partial charge is 0.314 e. The van der Waals surface area contributed by atoms with Crippen LogP contribution in [0, 0.1) is 0 Å². The van der Waals surface area contributed by atoms with Crippen molar-refractivity contribution in [2.45, 2.75) is 0 Å². The number of nitrogens with zero attached hydrogens (tertiary/aromatic N) is 1. The minimum absolute atomic E-state index is 0.430. The molecule has 0 saturated carbocycles. The zero-order chi connectivity index (χ0) is 18.4. The molecule has 7 heteroatoms. The monoisotopic (exact) mass is 343 g/mol. The molecule has 25 heavy (non-hydrogen) atoms. The molecule has 0 heterocycles. The van der Waals surface area contributed by atoms with Crippen LogP contribution in [0.2, 0.25) is 0 Å². The second kappa shape index (κ2) is 8.05. The second-order valence-corrected chi connectivity index (χ2v) is 5.42. The van der Waals surface area contributed by atoms with Crippen LogP contribution in [0.1, 0.15) is 0 Å². The average Bonchev–Trinajstić information content (AvgIpc) is 2.61. The van der Waals surface area contributed by atoms with Crippen molar-refractivity contribution in [2.75, 3.05) is 43.8 Å². The summed E-state index contributed by atoms with van der Waals surface area (Å²) in [5.74, 6) is -0.544. The fourth-order valence-corrected chi connectivity index (χ4v) is 2.15. The largest absolute Gasteiger partial charge is 0.493 e. The Hall–Kier alpha value is -3.22. The number of carbonyl (C=O) groups is 2. The summed E-state index contributed by atoms with van der Waals surface area (Å²) < 4.78 is 10.3. The molecule has 2 amide bonds. The molecule has 0 aliphatic rings. The van der Waals surface area contributed by atoms with Gasteiger partial charge in [-0.2, -0.15) is 0 Å². The molecular formula is C18H21N3O4. The Kier molecular flexibility index (Phi) is 5.84. The lowest BCUT2D eigenvalue weighted by Gasteiger charge is -2.14. The maximum atomic E-state index is 12.1. The molecule has 0 aliphatic heterocycles. The van der Waals surface area contributed by atoms with E-state index in [1.165, 1.54) is 14.2 Å². The molecule has 0 atom stereocenters. The Balaban J connectivity index is 2.05. The third kappa shape index (κ3) is 4.63. The Morgan fingerprint density at radius 2 is 1.44 bits per heavy atom. The Bertz CT molecular complexity index is 775. The lowest BCUT2D eigenvalue weighted by molar-refractivity contribution is -0.132. The standard InChI is InChI=1S/C18H21N3O4/c1-21(2)14-7-5-6-12(10-14)19-17(22)18(23)20-13-8-9-15(24-3)16(11-13)25-4/h5-11H,1-4H3,(H,19,22)(H,20,23). The topological polar surface area (TPSA) is 79.9 Å². The van der Waals surface area contributed by atoms with Crippen LogP contribution in [0.25, 0.3) is 0 Å². The van der Waals surface area contributed by atoms with Gasteiger partial charge in [0.05, 0.1) is 14.2 Å². The summed E-state index contributed by atoms with van der Waals surface area (Å²) in [6.07, 6.45) is 0. The zero-order valence-corrected chi connectivity index (χ0v) is 14.6. The first-order chi connectivity index (χ1) is 11.9. The quantitative estimate of drug-likeness (QED) is 0.815. The number of hydrogen-bond acceptors (Lipinski definition) is 5. The predicted octanol–water partition coefficient (Wildman–Crippen LogP) is 2.35. The third-order valence-electron chi connectivity index (χ3n) is 3.47. The maximum Gasteiger partial charge on any atom is 0.314 e. The van der Waals surface area contributed by atoms with Gasteiger partial charge in [-0.15, -0.1) is 0 Å². The molecule has 0 aliphatic carbocycles. The molecule has 0 spiro atoms. The molecule has 0 fully saturated rings. The van der Waals surface area contributed by atoms with Gasteiger partial charge in [-0.25, -0.2) is 0 Å². The number of anilines is 3. The van der Waals surface area contributed by atoms with E-state index in [-0.39, 0.29) is 0 Å². The van der Waals surface area contributed by atoms with Crippen molar-refractivity contribution in [1.82, 2.24) is 0 Å². The van der Waals surface area contributed by atoms with E-state index < -0.39 is 11.8 Å². The van der Waals surface area contributed by atoms with Crippen LogP contribution < -0.4 is 25.0 Å². The van der Waals surface area contributed by atoms with Gasteiger partial charge in [0.2, 0.25) is 0 Å². The molecule has 2 N–H and O–H groups in total. The van der Waals surface area contributed by atoms with E-state index in [0.717, 1.165) is 5.69 Å². The lowest BCUT2D eigenvalue weighted by Crippen LogP contribution is -2.29. The minimum atomic E-state index is -0.775. The van der Waals surface area contributed by atoms with Crippen molar-refractivity contribution >= 4 is 28.9 Å². The van der Waals surface area contributed by atoms with E-state index in [0.29, 0.717) is 22.9 Å². The highest BCUT2D eigenvalue weighted by atomic mass is 16.5. The van der Waals surface area contributed by atoms with Crippen LogP contribution in [0.5, 0.6) is 11.5 Å². The van der Waals surface area contributed by atoms with Crippen molar-refractivity contribution in [2.24, 2.45) is 0 Å². The molecule has 2 rings (SSSR count). The van der Waals surface area contributed by atoms with Gasteiger partial charge in [-0.1, -0.05) is 6.07 Å². The van der Waals surface area contributed by atoms with E-state index in [2.05, 4.69) is 10.6 Å². The Morgan fingerprint density at radius 3 is 2.00 bits per heavy atom. The number of amides is 2. The first-order valence-corrected chi connectivity index (χ1v) is 7.56. The van der Waals surface area contributed by atoms with E-state index in [9.17, 15) is 9.59 Å². The van der Waals surface area contributed by atoms with Gasteiger partial charge >= 0.3 is 11.8 Å². The summed E-state index contributed by atoms with van der Waals surface area (Å²) in [4.78, 5) is 26.1. The molecule has 7 nitrogen and oxygen atoms in total. The number of rotatable bonds is 5. The Labute approximate surface area is 146 Å². The van der Waals surface area contributed by atoms with E-state index in [4.69, 9.17) is 9.47 Å². The fraction of sp³-hybridized carbons (Fsp3) is 0.222. The van der Waals surface area contributed by atoms with Gasteiger partial charge in [0.1, 0.15) is 0 Å². The van der Waals surface area contributed by atoms with Crippen molar-refractivity contribution in [3.63, 3.8) is 0 Å². The zero-order valence-electron chi connectivity index (χ0n) is 14.6. The van der Waals surface area contributed by atoms with Gasteiger partial charge in [0, 0.05) is 37.2 Å². The highest BCUT2D eigenvalue weighted by Gasteiger charge is 2.15. The van der Waals surface area contributed by atoms with E-state index in [1.54, 1.807) is 36.4 Å². The first-order valence-electron chi connectivity index (χ1n) is 7.56. The highest BCUT2D eigenvalue weighted by molar-refractivity contribution is 6.43. The van der Waals surface area contributed by atoms with Crippen LogP contribution in [0.15, 0.2) is 42.5 Å². The SMILES string of the molecule is COc1ccc(NC(=O)C(=O)Nc2cccc(N(C)C)c2)cc1OC. The molecule has 0 radical (unpaired) electrons. The molecular weight excluding hydrogens is 322 g/mol. The summed E-state index contributed by atoms with van der Waals surface area (Å²) in [6, 6.07) is 12.1. The summed E-state index contributed by atoms with van der Waals surface area (Å²) in [5, 5.41) is 5.10. The van der Waals surface area contributed by atoms with Gasteiger partial charge in [0.25, 0.3) is 0 Å². The number of nitrogens with one attached hydrogen (secondary N) is 2. The maximum absolute atomic E-state index is 12.1. The second-order valence-electron chi connectivity index (χ2n) is 5.42. The first kappa shape index (κ1) is 18.1. The normalized spacial score (nSPS) is 9.92. The van der Waals surface area contributed by atoms with Crippen molar-refractivity contribution < 1.29 is 19.1 Å². The van der Waals surface area contributed by atoms with Gasteiger partial charge < -0.3 is 25.0 Å². The number of methoxy groups -OCH3 is 2. The number of ether oxygens (including phenoxy) is 2. The van der Waals surface area contributed by atoms with Crippen LogP contribution in [-0.2, 0) is 9.59 Å². The van der Waals surface area contributed by atoms with Crippen molar-refractivity contribution in [1.29, 1.82) is 0 Å². The van der Waals surface area contributed by atoms with Crippen molar-refractivity contribution in [3.05, 3.63) is 42.5 Å². The summed E-state index contributed by atoms with van der Waals surface area (Å²) in [7, 11) is 6.80. The van der Waals surface area contributed by atoms with Gasteiger partial charge in [-0.05, 0) is 30.3 Å². The number of carbonyl (C=O) groups excluding carboxylic acids is 2. The van der Waals surface area contributed by atoms with Crippen LogP contribution in [-0.4, -0.2) is 40.1 Å². The molecule has 0 aromatic heterocycles. The van der Waals surface area contributed by atoms with Crippen molar-refractivity contribution in [3.8, 4) is 11.5 Å². The number of benzene rings is 2. The van der Waals surface area contributed by atoms with Gasteiger partial charge in [-0.3, -0.25) is 9.59 Å². The molecule has 132 valence electrons. The highest BCUT2D eigenvalue weighted by Crippen LogP contribution is 2.29. The summed E-state index contributed by atoms with van der Waals surface area (Å²) in [5.41, 5.74) is 1.89. The Morgan fingerprint density at radius 1 is 0.840 bits per heavy atom. The third-order valence-corrected chi connectivity index (χ3v) is 3.47. The summed E-state index contributed by atoms with van der Waals surface area (Å²) >= 11 is 0. The van der Waals surface area contributed by atoms with Crippen LogP contribution in [0.4, 0.5) is 17.1 Å². The molecule has 0 saturated heterocycles. The summed E-state index contributed by atoms with van der Waals surface area (Å²) in [6.45, 7) is 0. The lowest BCUT2D eigenvalue weighted by atomic mass is 10.2. The van der Waals surface area contributed by atoms with Gasteiger partial charge in [0.15, 0.2) is 11.5 Å².